The van der Waals surface area contributed by atoms with E-state index >= 15 is 0 Å². The highest BCUT2D eigenvalue weighted by atomic mass is 16.5. The van der Waals surface area contributed by atoms with Crippen molar-refractivity contribution in [1.82, 2.24) is 0 Å². The van der Waals surface area contributed by atoms with Gasteiger partial charge in [0.1, 0.15) is 11.9 Å². The van der Waals surface area contributed by atoms with E-state index in [4.69, 9.17) is 10.5 Å². The first kappa shape index (κ1) is 13.4. The van der Waals surface area contributed by atoms with Crippen LogP contribution in [-0.2, 0) is 6.42 Å². The van der Waals surface area contributed by atoms with E-state index in [9.17, 15) is 0 Å². The van der Waals surface area contributed by atoms with Crippen LogP contribution in [0.5, 0.6) is 5.75 Å². The van der Waals surface area contributed by atoms with Gasteiger partial charge in [0.25, 0.3) is 0 Å². The van der Waals surface area contributed by atoms with Gasteiger partial charge in [-0.3, -0.25) is 0 Å². The molecule has 0 aliphatic heterocycles. The zero-order valence-electron chi connectivity index (χ0n) is 11.8. The fraction of sp³-hybridized carbons (Fsp3) is 0.625. The third kappa shape index (κ3) is 2.03. The largest absolute Gasteiger partial charge is 0.489 e. The van der Waals surface area contributed by atoms with Gasteiger partial charge in [0, 0.05) is 17.9 Å². The van der Waals surface area contributed by atoms with Crippen LogP contribution < -0.4 is 10.5 Å². The number of nitrogens with two attached hydrogens (primary N) is 1. The number of hydrogen-bond acceptors (Lipinski definition) is 2. The van der Waals surface area contributed by atoms with Crippen LogP contribution >= 0.6 is 0 Å². The van der Waals surface area contributed by atoms with E-state index in [-0.39, 0.29) is 11.5 Å². The smallest absolute Gasteiger partial charge is 0.122 e. The van der Waals surface area contributed by atoms with Gasteiger partial charge >= 0.3 is 0 Å². The summed E-state index contributed by atoms with van der Waals surface area (Å²) in [7, 11) is 0. The third-order valence-electron chi connectivity index (χ3n) is 4.79. The Balaban J connectivity index is 2.15. The maximum atomic E-state index is 6.26. The lowest BCUT2D eigenvalue weighted by atomic mass is 9.59. The van der Waals surface area contributed by atoms with Crippen molar-refractivity contribution in [1.29, 1.82) is 0 Å². The second-order valence-electron chi connectivity index (χ2n) is 5.35. The lowest BCUT2D eigenvalue weighted by Crippen LogP contribution is -2.63. The van der Waals surface area contributed by atoms with Gasteiger partial charge in [-0.1, -0.05) is 39.0 Å². The molecule has 1 saturated carbocycles. The van der Waals surface area contributed by atoms with Gasteiger partial charge in [0.05, 0.1) is 0 Å². The van der Waals surface area contributed by atoms with Gasteiger partial charge in [0.2, 0.25) is 0 Å². The summed E-state index contributed by atoms with van der Waals surface area (Å²) in [6.07, 6.45) is 4.49. The van der Waals surface area contributed by atoms with E-state index in [0.29, 0.717) is 6.04 Å². The molecular weight excluding hydrogens is 222 g/mol. The molecule has 2 nitrogen and oxygen atoms in total. The second kappa shape index (κ2) is 5.31. The summed E-state index contributed by atoms with van der Waals surface area (Å²) in [5.74, 6) is 1.04. The molecule has 1 aromatic rings. The first-order valence-electron chi connectivity index (χ1n) is 7.18. The first-order valence-corrected chi connectivity index (χ1v) is 7.18. The fourth-order valence-corrected chi connectivity index (χ4v) is 3.24. The van der Waals surface area contributed by atoms with Crippen LogP contribution in [-0.4, -0.2) is 12.1 Å². The first-order chi connectivity index (χ1) is 8.67. The highest BCUT2D eigenvalue weighted by Gasteiger charge is 2.52. The molecule has 18 heavy (non-hydrogen) atoms. The Labute approximate surface area is 111 Å². The summed E-state index contributed by atoms with van der Waals surface area (Å²) in [6, 6.07) is 8.65. The van der Waals surface area contributed by atoms with E-state index in [2.05, 4.69) is 39.0 Å². The Morgan fingerprint density at radius 1 is 1.22 bits per heavy atom. The summed E-state index contributed by atoms with van der Waals surface area (Å²) < 4.78 is 6.26. The maximum absolute atomic E-state index is 6.26. The highest BCUT2D eigenvalue weighted by Crippen LogP contribution is 2.48. The van der Waals surface area contributed by atoms with Crippen LogP contribution in [0.25, 0.3) is 0 Å². The molecule has 2 rings (SSSR count). The molecule has 0 heterocycles. The molecule has 1 aliphatic carbocycles. The van der Waals surface area contributed by atoms with E-state index in [0.717, 1.165) is 31.4 Å². The molecule has 2 heteroatoms. The summed E-state index contributed by atoms with van der Waals surface area (Å²) in [4.78, 5) is 0. The van der Waals surface area contributed by atoms with Crippen molar-refractivity contribution in [3.05, 3.63) is 29.8 Å². The number of ether oxygens (including phenoxy) is 1. The molecule has 100 valence electrons. The number of aryl methyl sites for hydroxylation is 1. The number of benzene rings is 1. The number of rotatable bonds is 5. The lowest BCUT2D eigenvalue weighted by Gasteiger charge is -2.53. The van der Waals surface area contributed by atoms with Crippen molar-refractivity contribution in [3.8, 4) is 5.75 Å². The molecule has 0 spiro atoms. The minimum Gasteiger partial charge on any atom is -0.489 e. The zero-order valence-corrected chi connectivity index (χ0v) is 11.8. The van der Waals surface area contributed by atoms with Gasteiger partial charge in [-0.2, -0.15) is 0 Å². The average Bonchev–Trinajstić information content (AvgIpc) is 2.40. The molecule has 1 aromatic carbocycles. The minimum absolute atomic E-state index is 0.181. The van der Waals surface area contributed by atoms with E-state index in [1.165, 1.54) is 5.56 Å². The topological polar surface area (TPSA) is 35.2 Å². The van der Waals surface area contributed by atoms with E-state index in [1.807, 2.05) is 6.07 Å². The third-order valence-corrected chi connectivity index (χ3v) is 4.79. The van der Waals surface area contributed by atoms with Crippen molar-refractivity contribution in [3.63, 3.8) is 0 Å². The lowest BCUT2D eigenvalue weighted by molar-refractivity contribution is -0.0726. The van der Waals surface area contributed by atoms with Gasteiger partial charge in [0.15, 0.2) is 0 Å². The molecule has 0 bridgehead atoms. The number of para-hydroxylation sites is 1. The van der Waals surface area contributed by atoms with Crippen LogP contribution in [0.4, 0.5) is 0 Å². The molecule has 1 fully saturated rings. The normalized spacial score (nSPS) is 25.6. The Kier molecular flexibility index (Phi) is 3.96. The van der Waals surface area contributed by atoms with Crippen LogP contribution in [0.1, 0.15) is 45.6 Å². The Morgan fingerprint density at radius 2 is 1.89 bits per heavy atom. The van der Waals surface area contributed by atoms with Crippen LogP contribution in [0.3, 0.4) is 0 Å². The predicted octanol–water partition coefficient (Wildman–Crippen LogP) is 3.53. The summed E-state index contributed by atoms with van der Waals surface area (Å²) in [5.41, 5.74) is 7.69. The van der Waals surface area contributed by atoms with Crippen LogP contribution in [0.15, 0.2) is 24.3 Å². The van der Waals surface area contributed by atoms with E-state index in [1.54, 1.807) is 0 Å². The van der Waals surface area contributed by atoms with Crippen molar-refractivity contribution < 1.29 is 4.74 Å². The van der Waals surface area contributed by atoms with Crippen LogP contribution in [0.2, 0.25) is 0 Å². The average molecular weight is 247 g/mol. The molecule has 0 amide bonds. The Morgan fingerprint density at radius 3 is 2.44 bits per heavy atom. The van der Waals surface area contributed by atoms with Crippen molar-refractivity contribution in [2.24, 2.45) is 11.1 Å². The molecule has 1 aliphatic rings. The summed E-state index contributed by atoms with van der Waals surface area (Å²) in [5, 5.41) is 0. The molecule has 2 atom stereocenters. The molecule has 0 saturated heterocycles. The monoisotopic (exact) mass is 247 g/mol. The van der Waals surface area contributed by atoms with Gasteiger partial charge in [-0.05, 0) is 30.9 Å². The van der Waals surface area contributed by atoms with Crippen molar-refractivity contribution in [2.75, 3.05) is 0 Å². The molecule has 0 radical (unpaired) electrons. The van der Waals surface area contributed by atoms with E-state index < -0.39 is 0 Å². The quantitative estimate of drug-likeness (QED) is 0.864. The van der Waals surface area contributed by atoms with Crippen LogP contribution in [0, 0.1) is 5.41 Å². The van der Waals surface area contributed by atoms with Gasteiger partial charge in [-0.15, -0.1) is 0 Å². The summed E-state index contributed by atoms with van der Waals surface area (Å²) >= 11 is 0. The SMILES string of the molecule is CCc1ccccc1OC1CC(N)C1(CC)CC. The molecule has 2 N–H and O–H groups in total. The minimum atomic E-state index is 0.181. The standard InChI is InChI=1S/C16H25NO/c1-4-12-9-7-8-10-13(12)18-15-11-14(17)16(15,5-2)6-3/h7-10,14-15H,4-6,11,17H2,1-3H3. The molecule has 2 unspecified atom stereocenters. The molecular formula is C16H25NO. The molecule has 0 aromatic heterocycles. The Bertz CT molecular complexity index is 398. The zero-order chi connectivity index (χ0) is 13.2. The summed E-state index contributed by atoms with van der Waals surface area (Å²) in [6.45, 7) is 6.62. The van der Waals surface area contributed by atoms with Gasteiger partial charge in [-0.25, -0.2) is 0 Å². The Hall–Kier alpha value is -1.02. The fourth-order valence-electron chi connectivity index (χ4n) is 3.24. The van der Waals surface area contributed by atoms with Gasteiger partial charge < -0.3 is 10.5 Å². The van der Waals surface area contributed by atoms with Crippen molar-refractivity contribution in [2.45, 2.75) is 58.6 Å². The van der Waals surface area contributed by atoms with Crippen molar-refractivity contribution >= 4 is 0 Å². The maximum Gasteiger partial charge on any atom is 0.122 e. The number of hydrogen-bond donors (Lipinski definition) is 1. The predicted molar refractivity (Wildman–Crippen MR) is 75.8 cm³/mol. The highest BCUT2D eigenvalue weighted by molar-refractivity contribution is 5.34. The second-order valence-corrected chi connectivity index (χ2v) is 5.35.